The predicted molar refractivity (Wildman–Crippen MR) is 112 cm³/mol. The highest BCUT2D eigenvalue weighted by Gasteiger charge is 2.35. The Balaban J connectivity index is 5.23. The van der Waals surface area contributed by atoms with E-state index in [-0.39, 0.29) is 0 Å². The molecule has 0 saturated carbocycles. The van der Waals surface area contributed by atoms with Crippen LogP contribution in [0.5, 0.6) is 0 Å². The molecule has 0 aliphatic rings. The van der Waals surface area contributed by atoms with Crippen molar-refractivity contribution in [1.29, 1.82) is 0 Å². The summed E-state index contributed by atoms with van der Waals surface area (Å²) in [4.78, 5) is 4.64. The maximum atomic E-state index is 4.56. The molecule has 0 amide bonds. The molecule has 4 heteroatoms. The van der Waals surface area contributed by atoms with E-state index in [0.29, 0.717) is 6.98 Å². The number of nitrogens with zero attached hydrogens (tertiary/aromatic N) is 2. The van der Waals surface area contributed by atoms with Gasteiger partial charge in [-0.15, -0.1) is 6.58 Å². The number of hydrogen-bond acceptors (Lipinski definition) is 2. The topological polar surface area (TPSA) is 6.48 Å². The molecule has 0 aromatic carbocycles. The van der Waals surface area contributed by atoms with Crippen LogP contribution in [0.1, 0.15) is 59.3 Å². The molecule has 0 aliphatic carbocycles. The fourth-order valence-corrected chi connectivity index (χ4v) is 9.80. The summed E-state index contributed by atoms with van der Waals surface area (Å²) in [5.41, 5.74) is 1.45. The second kappa shape index (κ2) is 12.3. The van der Waals surface area contributed by atoms with Gasteiger partial charge < -0.3 is 9.62 Å². The zero-order chi connectivity index (χ0) is 17.9. The van der Waals surface area contributed by atoms with Crippen LogP contribution >= 0.6 is 0 Å². The highest BCUT2D eigenvalue weighted by molar-refractivity contribution is 6.82. The van der Waals surface area contributed by atoms with Gasteiger partial charge in [-0.2, -0.15) is 0 Å². The van der Waals surface area contributed by atoms with E-state index in [1.54, 1.807) is 0 Å². The van der Waals surface area contributed by atoms with Crippen molar-refractivity contribution >= 4 is 15.1 Å². The fraction of sp³-hybridized carbons (Fsp3) is 0.895. The van der Waals surface area contributed by atoms with E-state index in [1.165, 1.54) is 68.2 Å². The maximum absolute atomic E-state index is 4.56. The van der Waals surface area contributed by atoms with Gasteiger partial charge in [-0.3, -0.25) is 0 Å². The Morgan fingerprint density at radius 2 is 1.13 bits per heavy atom. The molecular weight excluding hydrogens is 295 g/mol. The average molecular weight is 338 g/mol. The van der Waals surface area contributed by atoms with Gasteiger partial charge in [0, 0.05) is 0 Å². The van der Waals surface area contributed by atoms with Crippen molar-refractivity contribution in [3.05, 3.63) is 12.1 Å². The van der Waals surface area contributed by atoms with E-state index in [4.69, 9.17) is 0 Å². The molecule has 0 N–H and O–H groups in total. The SMILES string of the molecule is C=C(C[Si](CCCC)(CCCC)CCCC)B(N(C)C)N(C)C. The lowest BCUT2D eigenvalue weighted by Gasteiger charge is -2.37. The molecule has 0 rings (SSSR count). The molecule has 0 aromatic heterocycles. The van der Waals surface area contributed by atoms with Gasteiger partial charge in [0.1, 0.15) is 0 Å². The largest absolute Gasteiger partial charge is 0.340 e. The van der Waals surface area contributed by atoms with E-state index >= 15 is 0 Å². The Hall–Kier alpha value is -0.0582. The van der Waals surface area contributed by atoms with E-state index in [0.717, 1.165) is 0 Å². The third-order valence-electron chi connectivity index (χ3n) is 5.13. The summed E-state index contributed by atoms with van der Waals surface area (Å²) in [6.07, 6.45) is 8.27. The first-order valence-electron chi connectivity index (χ1n) is 9.84. The van der Waals surface area contributed by atoms with Crippen molar-refractivity contribution in [3.8, 4) is 0 Å². The summed E-state index contributed by atoms with van der Waals surface area (Å²) in [6.45, 7) is 12.0. The number of unbranched alkanes of at least 4 members (excludes halogenated alkanes) is 3. The molecule has 0 spiro atoms. The highest BCUT2D eigenvalue weighted by Crippen LogP contribution is 2.35. The van der Waals surface area contributed by atoms with E-state index in [2.05, 4.69) is 65.2 Å². The van der Waals surface area contributed by atoms with Gasteiger partial charge in [-0.25, -0.2) is 0 Å². The zero-order valence-electron chi connectivity index (χ0n) is 17.2. The lowest BCUT2D eigenvalue weighted by molar-refractivity contribution is 0.525. The average Bonchev–Trinajstić information content (AvgIpc) is 2.47. The first-order valence-corrected chi connectivity index (χ1v) is 12.7. The smallest absolute Gasteiger partial charge is 0.330 e. The fourth-order valence-electron chi connectivity index (χ4n) is 4.06. The van der Waals surface area contributed by atoms with Gasteiger partial charge in [0.15, 0.2) is 0 Å². The Labute approximate surface area is 148 Å². The van der Waals surface area contributed by atoms with Crippen LogP contribution in [0.2, 0.25) is 24.2 Å². The summed E-state index contributed by atoms with van der Waals surface area (Å²) >= 11 is 0. The van der Waals surface area contributed by atoms with Crippen LogP contribution in [-0.4, -0.2) is 52.9 Å². The van der Waals surface area contributed by atoms with Gasteiger partial charge in [-0.05, 0) is 34.2 Å². The normalized spacial score (nSPS) is 12.2. The first-order chi connectivity index (χ1) is 10.8. The van der Waals surface area contributed by atoms with Gasteiger partial charge >= 0.3 is 6.98 Å². The van der Waals surface area contributed by atoms with Crippen LogP contribution in [0.3, 0.4) is 0 Å². The lowest BCUT2D eigenvalue weighted by atomic mass is 9.66. The third kappa shape index (κ3) is 8.55. The summed E-state index contributed by atoms with van der Waals surface area (Å²) in [7, 11) is 7.51. The second-order valence-corrected chi connectivity index (χ2v) is 12.8. The van der Waals surface area contributed by atoms with Crippen molar-refractivity contribution in [3.63, 3.8) is 0 Å². The van der Waals surface area contributed by atoms with Crippen molar-refractivity contribution in [1.82, 2.24) is 9.62 Å². The van der Waals surface area contributed by atoms with Crippen molar-refractivity contribution in [2.24, 2.45) is 0 Å². The predicted octanol–water partition coefficient (Wildman–Crippen LogP) is 5.54. The third-order valence-corrected chi connectivity index (χ3v) is 10.6. The minimum atomic E-state index is -1.23. The Morgan fingerprint density at radius 1 is 0.783 bits per heavy atom. The summed E-state index contributed by atoms with van der Waals surface area (Å²) in [6, 6.07) is 5.86. The maximum Gasteiger partial charge on any atom is 0.340 e. The molecule has 0 unspecified atom stereocenters. The molecule has 0 bridgehead atoms. The molecule has 2 nitrogen and oxygen atoms in total. The zero-order valence-corrected chi connectivity index (χ0v) is 18.2. The van der Waals surface area contributed by atoms with Crippen LogP contribution < -0.4 is 0 Å². The van der Waals surface area contributed by atoms with Gasteiger partial charge in [0.2, 0.25) is 0 Å². The molecule has 23 heavy (non-hydrogen) atoms. The molecule has 0 aliphatic heterocycles. The molecule has 0 fully saturated rings. The van der Waals surface area contributed by atoms with Crippen molar-refractivity contribution in [2.45, 2.75) is 83.5 Å². The number of allylic oxidation sites excluding steroid dienone is 1. The second-order valence-electron chi connectivity index (χ2n) is 7.95. The van der Waals surface area contributed by atoms with Crippen LogP contribution in [0.4, 0.5) is 0 Å². The van der Waals surface area contributed by atoms with Gasteiger partial charge in [0.05, 0.1) is 8.07 Å². The minimum Gasteiger partial charge on any atom is -0.330 e. The molecule has 0 heterocycles. The quantitative estimate of drug-likeness (QED) is 0.384. The van der Waals surface area contributed by atoms with E-state index in [1.807, 2.05) is 0 Å². The summed E-state index contributed by atoms with van der Waals surface area (Å²) < 4.78 is 0. The van der Waals surface area contributed by atoms with Crippen LogP contribution in [0.25, 0.3) is 0 Å². The Kier molecular flexibility index (Phi) is 12.3. The lowest BCUT2D eigenvalue weighted by Crippen LogP contribution is -2.49. The standard InChI is InChI=1S/C19H43BN2Si/c1-9-12-15-23(16-13-10-2,17-14-11-3)18-19(4)20(21(5)6)22(7)8/h4,9-18H2,1-3,5-8H3. The van der Waals surface area contributed by atoms with Gasteiger partial charge in [0.25, 0.3) is 0 Å². The first kappa shape index (κ1) is 22.9. The van der Waals surface area contributed by atoms with Gasteiger partial charge in [-0.1, -0.05) is 82.9 Å². The molecule has 136 valence electrons. The van der Waals surface area contributed by atoms with Crippen LogP contribution in [0.15, 0.2) is 12.1 Å². The minimum absolute atomic E-state index is 0.381. The summed E-state index contributed by atoms with van der Waals surface area (Å²) in [5.74, 6) is 0. The number of hydrogen-bond donors (Lipinski definition) is 0. The number of rotatable bonds is 14. The monoisotopic (exact) mass is 338 g/mol. The molecule has 0 saturated heterocycles. The van der Waals surface area contributed by atoms with E-state index < -0.39 is 8.07 Å². The molecule has 0 atom stereocenters. The molecular formula is C19H43BN2Si. The van der Waals surface area contributed by atoms with Crippen molar-refractivity contribution in [2.75, 3.05) is 28.2 Å². The molecule has 0 aromatic rings. The Bertz CT molecular complexity index is 289. The Morgan fingerprint density at radius 3 is 1.39 bits per heavy atom. The van der Waals surface area contributed by atoms with Crippen LogP contribution in [-0.2, 0) is 0 Å². The highest BCUT2D eigenvalue weighted by atomic mass is 28.3. The van der Waals surface area contributed by atoms with Crippen LogP contribution in [0, 0.1) is 0 Å². The van der Waals surface area contributed by atoms with E-state index in [9.17, 15) is 0 Å². The van der Waals surface area contributed by atoms with Crippen molar-refractivity contribution < 1.29 is 0 Å². The summed E-state index contributed by atoms with van der Waals surface area (Å²) in [5, 5.41) is 0. The molecule has 0 radical (unpaired) electrons.